The Balaban J connectivity index is 1.79. The molecule has 0 aliphatic carbocycles. The van der Waals surface area contributed by atoms with E-state index in [-0.39, 0.29) is 6.61 Å². The van der Waals surface area contributed by atoms with Gasteiger partial charge in [0.25, 0.3) is 0 Å². The number of tetrazole rings is 1. The van der Waals surface area contributed by atoms with Gasteiger partial charge < -0.3 is 10.5 Å². The van der Waals surface area contributed by atoms with Gasteiger partial charge in [0, 0.05) is 5.69 Å². The summed E-state index contributed by atoms with van der Waals surface area (Å²) in [5.41, 5.74) is 8.32. The summed E-state index contributed by atoms with van der Waals surface area (Å²) in [6.45, 7) is 2.23. The van der Waals surface area contributed by atoms with Gasteiger partial charge in [0.15, 0.2) is 5.82 Å². The third-order valence-electron chi connectivity index (χ3n) is 3.09. The number of anilines is 1. The zero-order chi connectivity index (χ0) is 14.7. The van der Waals surface area contributed by atoms with Crippen molar-refractivity contribution in [3.63, 3.8) is 0 Å². The molecule has 0 unspecified atom stereocenters. The van der Waals surface area contributed by atoms with E-state index in [0.717, 1.165) is 17.0 Å². The Morgan fingerprint density at radius 1 is 1.14 bits per heavy atom. The van der Waals surface area contributed by atoms with Crippen LogP contribution in [0.15, 0.2) is 48.5 Å². The lowest BCUT2D eigenvalue weighted by Crippen LogP contribution is -2.07. The summed E-state index contributed by atoms with van der Waals surface area (Å²) in [5, 5.41) is 11.7. The normalized spacial score (nSPS) is 10.5. The number of ether oxygens (including phenoxy) is 1. The molecule has 0 spiro atoms. The van der Waals surface area contributed by atoms with Crippen molar-refractivity contribution in [2.45, 2.75) is 13.5 Å². The fourth-order valence-corrected chi connectivity index (χ4v) is 2.04. The van der Waals surface area contributed by atoms with Crippen LogP contribution in [0.1, 0.15) is 11.4 Å². The number of nitrogen functional groups attached to an aromatic ring is 1. The van der Waals surface area contributed by atoms with Crippen LogP contribution in [0.3, 0.4) is 0 Å². The average Bonchev–Trinajstić information content (AvgIpc) is 2.96. The van der Waals surface area contributed by atoms with Gasteiger partial charge in [-0.15, -0.1) is 5.10 Å². The van der Waals surface area contributed by atoms with Crippen LogP contribution < -0.4 is 10.5 Å². The van der Waals surface area contributed by atoms with Crippen molar-refractivity contribution in [3.8, 4) is 11.4 Å². The van der Waals surface area contributed by atoms with Crippen LogP contribution in [-0.4, -0.2) is 20.2 Å². The summed E-state index contributed by atoms with van der Waals surface area (Å²) < 4.78 is 7.44. The minimum absolute atomic E-state index is 0.284. The van der Waals surface area contributed by atoms with Crippen molar-refractivity contribution in [1.29, 1.82) is 0 Å². The third-order valence-corrected chi connectivity index (χ3v) is 3.09. The number of benzene rings is 2. The summed E-state index contributed by atoms with van der Waals surface area (Å²) in [6, 6.07) is 15.2. The van der Waals surface area contributed by atoms with Gasteiger partial charge in [-0.25, -0.2) is 0 Å². The van der Waals surface area contributed by atoms with Crippen LogP contribution in [-0.2, 0) is 6.61 Å². The molecule has 1 aromatic heterocycles. The monoisotopic (exact) mass is 281 g/mol. The van der Waals surface area contributed by atoms with Crippen molar-refractivity contribution < 1.29 is 4.74 Å². The van der Waals surface area contributed by atoms with E-state index in [0.29, 0.717) is 11.5 Å². The number of nitrogens with two attached hydrogens (primary N) is 1. The molecule has 0 fully saturated rings. The highest BCUT2D eigenvalue weighted by Gasteiger charge is 2.09. The smallest absolute Gasteiger partial charge is 0.194 e. The zero-order valence-electron chi connectivity index (χ0n) is 11.6. The number of para-hydroxylation sites is 1. The maximum atomic E-state index is 5.78. The van der Waals surface area contributed by atoms with Crippen LogP contribution >= 0.6 is 0 Å². The molecule has 0 amide bonds. The molecule has 21 heavy (non-hydrogen) atoms. The quantitative estimate of drug-likeness (QED) is 0.741. The van der Waals surface area contributed by atoms with Gasteiger partial charge in [-0.05, 0) is 53.2 Å². The minimum Gasteiger partial charge on any atom is -0.485 e. The Labute approximate surface area is 122 Å². The predicted molar refractivity (Wildman–Crippen MR) is 79.1 cm³/mol. The second-order valence-electron chi connectivity index (χ2n) is 4.66. The molecular formula is C15H15N5O. The highest BCUT2D eigenvalue weighted by molar-refractivity contribution is 5.47. The summed E-state index contributed by atoms with van der Waals surface area (Å²) in [7, 11) is 0. The standard InChI is InChI=1S/C15H15N5O/c1-11-9-12(16)7-8-14(11)21-10-15-17-18-19-20(15)13-5-3-2-4-6-13/h2-9H,10,16H2,1H3. The number of nitrogens with zero attached hydrogens (tertiary/aromatic N) is 4. The van der Waals surface area contributed by atoms with Gasteiger partial charge in [-0.3, -0.25) is 0 Å². The highest BCUT2D eigenvalue weighted by Crippen LogP contribution is 2.21. The van der Waals surface area contributed by atoms with Gasteiger partial charge in [-0.2, -0.15) is 4.68 Å². The predicted octanol–water partition coefficient (Wildman–Crippen LogP) is 2.13. The molecule has 106 valence electrons. The molecule has 3 aromatic rings. The molecule has 0 aliphatic rings. The maximum Gasteiger partial charge on any atom is 0.194 e. The van der Waals surface area contributed by atoms with E-state index in [1.165, 1.54) is 0 Å². The Morgan fingerprint density at radius 3 is 2.71 bits per heavy atom. The van der Waals surface area contributed by atoms with E-state index in [2.05, 4.69) is 15.5 Å². The molecule has 0 saturated carbocycles. The SMILES string of the molecule is Cc1cc(N)ccc1OCc1nnnn1-c1ccccc1. The minimum atomic E-state index is 0.284. The number of hydrogen-bond donors (Lipinski definition) is 1. The molecule has 2 N–H and O–H groups in total. The second kappa shape index (κ2) is 5.62. The molecule has 6 heteroatoms. The Morgan fingerprint density at radius 2 is 1.95 bits per heavy atom. The van der Waals surface area contributed by atoms with E-state index >= 15 is 0 Å². The molecule has 0 saturated heterocycles. The Hall–Kier alpha value is -2.89. The van der Waals surface area contributed by atoms with E-state index in [1.807, 2.05) is 55.5 Å². The number of hydrogen-bond acceptors (Lipinski definition) is 5. The first-order valence-electron chi connectivity index (χ1n) is 6.55. The van der Waals surface area contributed by atoms with E-state index < -0.39 is 0 Å². The first kappa shape index (κ1) is 13.1. The summed E-state index contributed by atoms with van der Waals surface area (Å²) in [4.78, 5) is 0. The van der Waals surface area contributed by atoms with Crippen molar-refractivity contribution in [2.24, 2.45) is 0 Å². The van der Waals surface area contributed by atoms with Crippen molar-refractivity contribution >= 4 is 5.69 Å². The lowest BCUT2D eigenvalue weighted by Gasteiger charge is -2.09. The zero-order valence-corrected chi connectivity index (χ0v) is 11.6. The van der Waals surface area contributed by atoms with Crippen molar-refractivity contribution in [2.75, 3.05) is 5.73 Å². The molecule has 6 nitrogen and oxygen atoms in total. The van der Waals surface area contributed by atoms with Gasteiger partial charge in [-0.1, -0.05) is 18.2 Å². The van der Waals surface area contributed by atoms with Crippen LogP contribution in [0, 0.1) is 6.92 Å². The molecule has 0 radical (unpaired) electrons. The fourth-order valence-electron chi connectivity index (χ4n) is 2.04. The van der Waals surface area contributed by atoms with Crippen LogP contribution in [0.4, 0.5) is 5.69 Å². The number of aromatic nitrogens is 4. The lowest BCUT2D eigenvalue weighted by molar-refractivity contribution is 0.290. The average molecular weight is 281 g/mol. The maximum absolute atomic E-state index is 5.78. The van der Waals surface area contributed by atoms with Gasteiger partial charge in [0.1, 0.15) is 12.4 Å². The Kier molecular flexibility index (Phi) is 3.51. The van der Waals surface area contributed by atoms with Crippen LogP contribution in [0.2, 0.25) is 0 Å². The Bertz CT molecular complexity index is 739. The molecule has 0 aliphatic heterocycles. The van der Waals surface area contributed by atoms with Crippen molar-refractivity contribution in [3.05, 3.63) is 59.9 Å². The van der Waals surface area contributed by atoms with Gasteiger partial charge in [0.2, 0.25) is 0 Å². The molecular weight excluding hydrogens is 266 g/mol. The number of rotatable bonds is 4. The molecule has 3 rings (SSSR count). The van der Waals surface area contributed by atoms with E-state index in [1.54, 1.807) is 4.68 Å². The summed E-state index contributed by atoms with van der Waals surface area (Å²) in [5.74, 6) is 1.41. The fraction of sp³-hybridized carbons (Fsp3) is 0.133. The van der Waals surface area contributed by atoms with E-state index in [4.69, 9.17) is 10.5 Å². The first-order valence-corrected chi connectivity index (χ1v) is 6.55. The molecule has 0 atom stereocenters. The molecule has 2 aromatic carbocycles. The lowest BCUT2D eigenvalue weighted by atomic mass is 10.2. The number of aryl methyl sites for hydroxylation is 1. The first-order chi connectivity index (χ1) is 10.2. The van der Waals surface area contributed by atoms with Crippen LogP contribution in [0.5, 0.6) is 5.75 Å². The summed E-state index contributed by atoms with van der Waals surface area (Å²) >= 11 is 0. The topological polar surface area (TPSA) is 78.8 Å². The van der Waals surface area contributed by atoms with Crippen molar-refractivity contribution in [1.82, 2.24) is 20.2 Å². The molecule has 0 bridgehead atoms. The summed E-state index contributed by atoms with van der Waals surface area (Å²) in [6.07, 6.45) is 0. The molecule has 1 heterocycles. The highest BCUT2D eigenvalue weighted by atomic mass is 16.5. The van der Waals surface area contributed by atoms with Gasteiger partial charge >= 0.3 is 0 Å². The largest absolute Gasteiger partial charge is 0.485 e. The second-order valence-corrected chi connectivity index (χ2v) is 4.66. The third kappa shape index (κ3) is 2.84. The van der Waals surface area contributed by atoms with Gasteiger partial charge in [0.05, 0.1) is 5.69 Å². The van der Waals surface area contributed by atoms with Crippen LogP contribution in [0.25, 0.3) is 5.69 Å². The van der Waals surface area contributed by atoms with E-state index in [9.17, 15) is 0 Å².